The van der Waals surface area contributed by atoms with Crippen molar-refractivity contribution in [3.63, 3.8) is 0 Å². The molecule has 1 saturated carbocycles. The van der Waals surface area contributed by atoms with Crippen LogP contribution in [0.25, 0.3) is 0 Å². The number of rotatable bonds is 3. The van der Waals surface area contributed by atoms with Gasteiger partial charge in [-0.1, -0.05) is 18.0 Å². The molecule has 0 radical (unpaired) electrons. The maximum Gasteiger partial charge on any atom is 0.253 e. The molecule has 0 saturated heterocycles. The van der Waals surface area contributed by atoms with Gasteiger partial charge in [-0.05, 0) is 37.4 Å². The fourth-order valence-electron chi connectivity index (χ4n) is 2.45. The Morgan fingerprint density at radius 2 is 2.00 bits per heavy atom. The van der Waals surface area contributed by atoms with Gasteiger partial charge in [0.25, 0.3) is 5.91 Å². The summed E-state index contributed by atoms with van der Waals surface area (Å²) in [5.74, 6) is -2.42. The van der Waals surface area contributed by atoms with E-state index in [9.17, 15) is 13.6 Å². The van der Waals surface area contributed by atoms with Crippen LogP contribution in [-0.2, 0) is 0 Å². The Hall–Kier alpha value is -0.910. The quantitative estimate of drug-likeness (QED) is 0.840. The number of amides is 1. The molecule has 2 unspecified atom stereocenters. The number of nitrogens with one attached hydrogen (secondary N) is 1. The summed E-state index contributed by atoms with van der Waals surface area (Å²) in [5, 5.41) is 2.69. The zero-order valence-corrected chi connectivity index (χ0v) is 12.2. The number of hydrogen-bond acceptors (Lipinski definition) is 2. The monoisotopic (exact) mass is 324 g/mol. The van der Waals surface area contributed by atoms with E-state index in [0.29, 0.717) is 6.54 Å². The normalized spacial score (nSPS) is 21.4. The zero-order valence-electron chi connectivity index (χ0n) is 10.7. The van der Waals surface area contributed by atoms with E-state index in [-0.39, 0.29) is 35.0 Å². The topological polar surface area (TPSA) is 55.1 Å². The third kappa shape index (κ3) is 3.59. The lowest BCUT2D eigenvalue weighted by Crippen LogP contribution is -2.40. The lowest BCUT2D eigenvalue weighted by Gasteiger charge is -2.19. The number of hydrogen-bond donors (Lipinski definition) is 2. The van der Waals surface area contributed by atoms with E-state index in [0.717, 1.165) is 31.4 Å². The molecular formula is C13H16Cl2F2N2O. The van der Waals surface area contributed by atoms with E-state index in [2.05, 4.69) is 5.32 Å². The van der Waals surface area contributed by atoms with Gasteiger partial charge < -0.3 is 11.1 Å². The van der Waals surface area contributed by atoms with Gasteiger partial charge in [-0.2, -0.15) is 0 Å². The lowest BCUT2D eigenvalue weighted by molar-refractivity contribution is 0.0928. The molecule has 0 aromatic heterocycles. The highest BCUT2D eigenvalue weighted by atomic mass is 35.5. The number of carbonyl (C=O) groups excluding carboxylic acids is 1. The van der Waals surface area contributed by atoms with Crippen molar-refractivity contribution in [2.24, 2.45) is 11.7 Å². The average Bonchev–Trinajstić information content (AvgIpc) is 2.80. The summed E-state index contributed by atoms with van der Waals surface area (Å²) in [6.45, 7) is 0.496. The Balaban J connectivity index is 0.00000200. The minimum atomic E-state index is -1.09. The molecule has 1 aliphatic rings. The molecule has 1 fully saturated rings. The van der Waals surface area contributed by atoms with Crippen molar-refractivity contribution in [3.05, 3.63) is 34.4 Å². The summed E-state index contributed by atoms with van der Waals surface area (Å²) in [7, 11) is 0. The maximum atomic E-state index is 13.1. The first-order valence-corrected chi connectivity index (χ1v) is 6.56. The summed E-state index contributed by atoms with van der Waals surface area (Å²) in [6, 6.07) is 1.60. The van der Waals surface area contributed by atoms with Gasteiger partial charge in [0, 0.05) is 6.04 Å². The molecule has 3 nitrogen and oxygen atoms in total. The van der Waals surface area contributed by atoms with Gasteiger partial charge in [0.15, 0.2) is 11.6 Å². The fraction of sp³-hybridized carbons (Fsp3) is 0.462. The second-order valence-corrected chi connectivity index (χ2v) is 5.16. The van der Waals surface area contributed by atoms with Crippen LogP contribution in [0.3, 0.4) is 0 Å². The smallest absolute Gasteiger partial charge is 0.253 e. The molecule has 0 spiro atoms. The van der Waals surface area contributed by atoms with E-state index in [1.165, 1.54) is 0 Å². The van der Waals surface area contributed by atoms with Crippen LogP contribution in [0.4, 0.5) is 8.78 Å². The Labute approximate surface area is 127 Å². The highest BCUT2D eigenvalue weighted by Gasteiger charge is 2.28. The second-order valence-electron chi connectivity index (χ2n) is 4.75. The molecular weight excluding hydrogens is 309 g/mol. The van der Waals surface area contributed by atoms with E-state index in [1.807, 2.05) is 0 Å². The Bertz CT molecular complexity index is 500. The van der Waals surface area contributed by atoms with Gasteiger partial charge in [-0.15, -0.1) is 12.4 Å². The minimum Gasteiger partial charge on any atom is -0.349 e. The van der Waals surface area contributed by atoms with Crippen molar-refractivity contribution in [2.75, 3.05) is 6.54 Å². The summed E-state index contributed by atoms with van der Waals surface area (Å²) < 4.78 is 26.1. The SMILES string of the molecule is Cl.NCC1CCCC1NC(=O)c1cc(F)c(F)cc1Cl. The molecule has 7 heteroatoms. The van der Waals surface area contributed by atoms with Crippen LogP contribution in [0.15, 0.2) is 12.1 Å². The summed E-state index contributed by atoms with van der Waals surface area (Å²) >= 11 is 5.76. The minimum absolute atomic E-state index is 0. The second kappa shape index (κ2) is 7.20. The van der Waals surface area contributed by atoms with Crippen LogP contribution in [0.2, 0.25) is 5.02 Å². The Morgan fingerprint density at radius 1 is 1.35 bits per heavy atom. The van der Waals surface area contributed by atoms with Crippen molar-refractivity contribution in [2.45, 2.75) is 25.3 Å². The molecule has 2 atom stereocenters. The highest BCUT2D eigenvalue weighted by Crippen LogP contribution is 2.26. The van der Waals surface area contributed by atoms with Crippen LogP contribution in [0, 0.1) is 17.6 Å². The fourth-order valence-corrected chi connectivity index (χ4v) is 2.69. The molecule has 1 aliphatic carbocycles. The van der Waals surface area contributed by atoms with Crippen molar-refractivity contribution >= 4 is 29.9 Å². The third-order valence-corrected chi connectivity index (χ3v) is 3.85. The Morgan fingerprint density at radius 3 is 2.65 bits per heavy atom. The predicted molar refractivity (Wildman–Crippen MR) is 76.3 cm³/mol. The molecule has 2 rings (SSSR count). The molecule has 1 aromatic carbocycles. The van der Waals surface area contributed by atoms with Gasteiger partial charge in [0.05, 0.1) is 10.6 Å². The molecule has 3 N–H and O–H groups in total. The molecule has 1 aromatic rings. The maximum absolute atomic E-state index is 13.1. The van der Waals surface area contributed by atoms with Gasteiger partial charge in [-0.3, -0.25) is 4.79 Å². The highest BCUT2D eigenvalue weighted by molar-refractivity contribution is 6.33. The van der Waals surface area contributed by atoms with E-state index in [1.54, 1.807) is 0 Å². The number of benzene rings is 1. The molecule has 0 aliphatic heterocycles. The van der Waals surface area contributed by atoms with E-state index >= 15 is 0 Å². The van der Waals surface area contributed by atoms with E-state index < -0.39 is 17.5 Å². The van der Waals surface area contributed by atoms with Crippen LogP contribution < -0.4 is 11.1 Å². The lowest BCUT2D eigenvalue weighted by atomic mass is 10.0. The molecule has 112 valence electrons. The predicted octanol–water partition coefficient (Wildman–Crippen LogP) is 2.90. The number of carbonyl (C=O) groups is 1. The van der Waals surface area contributed by atoms with Crippen molar-refractivity contribution < 1.29 is 13.6 Å². The van der Waals surface area contributed by atoms with Crippen LogP contribution in [0.5, 0.6) is 0 Å². The van der Waals surface area contributed by atoms with Crippen molar-refractivity contribution in [1.29, 1.82) is 0 Å². The van der Waals surface area contributed by atoms with Crippen LogP contribution in [0.1, 0.15) is 29.6 Å². The van der Waals surface area contributed by atoms with Gasteiger partial charge in [0.2, 0.25) is 0 Å². The summed E-state index contributed by atoms with van der Waals surface area (Å²) in [4.78, 5) is 12.0. The number of halogens is 4. The molecule has 1 amide bonds. The summed E-state index contributed by atoms with van der Waals surface area (Å²) in [5.41, 5.74) is 5.57. The number of nitrogens with two attached hydrogens (primary N) is 1. The largest absolute Gasteiger partial charge is 0.349 e. The first-order chi connectivity index (χ1) is 9.02. The Kier molecular flexibility index (Phi) is 6.17. The summed E-state index contributed by atoms with van der Waals surface area (Å²) in [6.07, 6.45) is 2.81. The van der Waals surface area contributed by atoms with Crippen LogP contribution in [-0.4, -0.2) is 18.5 Å². The van der Waals surface area contributed by atoms with E-state index in [4.69, 9.17) is 17.3 Å². The zero-order chi connectivity index (χ0) is 14.0. The molecule has 0 bridgehead atoms. The van der Waals surface area contributed by atoms with Crippen molar-refractivity contribution in [3.8, 4) is 0 Å². The average molecular weight is 325 g/mol. The first kappa shape index (κ1) is 17.1. The first-order valence-electron chi connectivity index (χ1n) is 6.18. The van der Waals surface area contributed by atoms with Gasteiger partial charge in [0.1, 0.15) is 0 Å². The molecule has 0 heterocycles. The van der Waals surface area contributed by atoms with Gasteiger partial charge in [-0.25, -0.2) is 8.78 Å². The van der Waals surface area contributed by atoms with Gasteiger partial charge >= 0.3 is 0 Å². The van der Waals surface area contributed by atoms with Crippen molar-refractivity contribution in [1.82, 2.24) is 5.32 Å². The molecule has 20 heavy (non-hydrogen) atoms. The van der Waals surface area contributed by atoms with Crippen LogP contribution >= 0.6 is 24.0 Å². The third-order valence-electron chi connectivity index (χ3n) is 3.53. The standard InChI is InChI=1S/C13H15ClF2N2O.ClH/c14-9-5-11(16)10(15)4-8(9)13(19)18-12-3-1-2-7(12)6-17;/h4-5,7,12H,1-3,6,17H2,(H,18,19);1H.